The molecule has 0 bridgehead atoms. The molecule has 2 heterocycles. The molecular formula is C25H19N3O4. The molecule has 0 radical (unpaired) electrons. The van der Waals surface area contributed by atoms with Crippen LogP contribution in [0, 0.1) is 0 Å². The molecule has 7 nitrogen and oxygen atoms in total. The zero-order valence-corrected chi connectivity index (χ0v) is 17.3. The highest BCUT2D eigenvalue weighted by Crippen LogP contribution is 2.25. The molecule has 158 valence electrons. The van der Waals surface area contributed by atoms with E-state index < -0.39 is 11.5 Å². The third-order valence-corrected chi connectivity index (χ3v) is 5.36. The van der Waals surface area contributed by atoms with Crippen molar-refractivity contribution < 1.29 is 13.6 Å². The number of fused-ring (bicyclic) bond motifs is 3. The van der Waals surface area contributed by atoms with E-state index in [0.717, 1.165) is 22.8 Å². The Morgan fingerprint density at radius 1 is 0.906 bits per heavy atom. The van der Waals surface area contributed by atoms with Crippen LogP contribution in [0.5, 0.6) is 0 Å². The largest absolute Gasteiger partial charge is 0.422 e. The summed E-state index contributed by atoms with van der Waals surface area (Å²) in [4.78, 5) is 25.2. The number of nitrogens with zero attached hydrogens (tertiary/aromatic N) is 2. The monoisotopic (exact) mass is 425 g/mol. The van der Waals surface area contributed by atoms with E-state index in [1.165, 1.54) is 11.6 Å². The van der Waals surface area contributed by atoms with Crippen molar-refractivity contribution in [2.75, 3.05) is 5.32 Å². The number of carbonyl (C=O) groups excluding carboxylic acids is 1. The molecule has 2 aromatic heterocycles. The van der Waals surface area contributed by atoms with Gasteiger partial charge in [0.15, 0.2) is 0 Å². The molecule has 0 unspecified atom stereocenters. The number of hydrogen-bond donors (Lipinski definition) is 1. The molecule has 0 aliphatic rings. The first kappa shape index (κ1) is 19.7. The predicted octanol–water partition coefficient (Wildman–Crippen LogP) is 4.73. The summed E-state index contributed by atoms with van der Waals surface area (Å²) < 4.78 is 10.9. The summed E-state index contributed by atoms with van der Waals surface area (Å²) in [6.07, 6.45) is 1.41. The van der Waals surface area contributed by atoms with Crippen LogP contribution >= 0.6 is 0 Å². The minimum atomic E-state index is -0.735. The number of benzene rings is 3. The molecular weight excluding hydrogens is 406 g/mol. The van der Waals surface area contributed by atoms with E-state index >= 15 is 0 Å². The molecule has 0 spiro atoms. The molecule has 32 heavy (non-hydrogen) atoms. The normalized spacial score (nSPS) is 11.2. The van der Waals surface area contributed by atoms with Crippen molar-refractivity contribution in [3.63, 3.8) is 0 Å². The number of carbonyl (C=O) groups is 1. The van der Waals surface area contributed by atoms with Crippen molar-refractivity contribution in [2.24, 2.45) is 0 Å². The zero-order chi connectivity index (χ0) is 22.1. The lowest BCUT2D eigenvalue weighted by atomic mass is 10.0. The van der Waals surface area contributed by atoms with Gasteiger partial charge < -0.3 is 8.83 Å². The van der Waals surface area contributed by atoms with E-state index in [-0.39, 0.29) is 11.6 Å². The van der Waals surface area contributed by atoms with Crippen molar-refractivity contribution in [2.45, 2.75) is 19.8 Å². The van der Waals surface area contributed by atoms with E-state index in [1.54, 1.807) is 6.07 Å². The number of nitrogens with one attached hydrogen (secondary N) is 1. The maximum absolute atomic E-state index is 12.8. The van der Waals surface area contributed by atoms with Crippen LogP contribution in [0.1, 0.15) is 34.3 Å². The first-order valence-electron chi connectivity index (χ1n) is 10.3. The van der Waals surface area contributed by atoms with Crippen LogP contribution in [0.2, 0.25) is 0 Å². The number of rotatable bonds is 5. The van der Waals surface area contributed by atoms with Gasteiger partial charge in [0.25, 0.3) is 5.91 Å². The standard InChI is InChI=1S/C25H19N3O4/c1-2-15-7-9-16(10-8-15)13-22-27-28-25(32-22)26-23(29)20-14-19-18-6-4-3-5-17(18)11-12-21(19)31-24(20)30/h3-12,14H,2,13H2,1H3,(H,26,28,29). The Morgan fingerprint density at radius 2 is 1.69 bits per heavy atom. The Kier molecular flexibility index (Phi) is 4.99. The first-order valence-corrected chi connectivity index (χ1v) is 10.3. The lowest BCUT2D eigenvalue weighted by Gasteiger charge is -2.05. The number of amides is 1. The molecule has 0 atom stereocenters. The van der Waals surface area contributed by atoms with Crippen LogP contribution in [0.4, 0.5) is 6.01 Å². The second-order valence-electron chi connectivity index (χ2n) is 7.45. The van der Waals surface area contributed by atoms with Crippen molar-refractivity contribution in [1.82, 2.24) is 10.2 Å². The summed E-state index contributed by atoms with van der Waals surface area (Å²) in [6.45, 7) is 2.10. The van der Waals surface area contributed by atoms with Crippen LogP contribution in [-0.2, 0) is 12.8 Å². The van der Waals surface area contributed by atoms with Gasteiger partial charge in [-0.05, 0) is 40.5 Å². The number of anilines is 1. The molecule has 5 aromatic rings. The van der Waals surface area contributed by atoms with Crippen molar-refractivity contribution in [3.8, 4) is 0 Å². The van der Waals surface area contributed by atoms with Gasteiger partial charge in [0.05, 0.1) is 6.42 Å². The molecule has 0 saturated carbocycles. The van der Waals surface area contributed by atoms with Gasteiger partial charge in [0.1, 0.15) is 11.1 Å². The summed E-state index contributed by atoms with van der Waals surface area (Å²) in [5.74, 6) is -0.308. The topological polar surface area (TPSA) is 98.2 Å². The molecule has 0 fully saturated rings. The summed E-state index contributed by atoms with van der Waals surface area (Å²) in [7, 11) is 0. The maximum Gasteiger partial charge on any atom is 0.349 e. The van der Waals surface area contributed by atoms with Crippen molar-refractivity contribution in [1.29, 1.82) is 0 Å². The molecule has 0 saturated heterocycles. The van der Waals surface area contributed by atoms with Gasteiger partial charge >= 0.3 is 11.6 Å². The van der Waals surface area contributed by atoms with Crippen molar-refractivity contribution in [3.05, 3.63) is 99.7 Å². The second-order valence-corrected chi connectivity index (χ2v) is 7.45. The van der Waals surface area contributed by atoms with E-state index in [0.29, 0.717) is 23.3 Å². The Bertz CT molecular complexity index is 1500. The smallest absolute Gasteiger partial charge is 0.349 e. The van der Waals surface area contributed by atoms with Gasteiger partial charge in [0, 0.05) is 5.39 Å². The Morgan fingerprint density at radius 3 is 2.50 bits per heavy atom. The van der Waals surface area contributed by atoms with Crippen LogP contribution < -0.4 is 10.9 Å². The second kappa shape index (κ2) is 8.11. The summed E-state index contributed by atoms with van der Waals surface area (Å²) in [5, 5.41) is 12.9. The van der Waals surface area contributed by atoms with E-state index in [2.05, 4.69) is 34.6 Å². The summed E-state index contributed by atoms with van der Waals surface area (Å²) in [6, 6.07) is 20.8. The minimum Gasteiger partial charge on any atom is -0.422 e. The number of aryl methyl sites for hydroxylation is 1. The van der Waals surface area contributed by atoms with Gasteiger partial charge in [-0.15, -0.1) is 5.10 Å². The van der Waals surface area contributed by atoms with Gasteiger partial charge in [-0.25, -0.2) is 4.79 Å². The van der Waals surface area contributed by atoms with E-state index in [9.17, 15) is 9.59 Å². The minimum absolute atomic E-state index is 0.0763. The van der Waals surface area contributed by atoms with Gasteiger partial charge in [0.2, 0.25) is 5.89 Å². The number of aromatic nitrogens is 2. The van der Waals surface area contributed by atoms with Crippen LogP contribution in [0.15, 0.2) is 80.4 Å². The Balaban J connectivity index is 1.39. The molecule has 5 rings (SSSR count). The van der Waals surface area contributed by atoms with E-state index in [1.807, 2.05) is 42.5 Å². The van der Waals surface area contributed by atoms with Crippen LogP contribution in [0.25, 0.3) is 21.7 Å². The Hall–Kier alpha value is -4.26. The first-order chi connectivity index (χ1) is 15.6. The van der Waals surface area contributed by atoms with Gasteiger partial charge in [-0.2, -0.15) is 0 Å². The molecule has 1 amide bonds. The number of hydrogen-bond acceptors (Lipinski definition) is 6. The van der Waals surface area contributed by atoms with E-state index in [4.69, 9.17) is 8.83 Å². The molecule has 3 aromatic carbocycles. The molecule has 7 heteroatoms. The van der Waals surface area contributed by atoms with Crippen LogP contribution in [0.3, 0.4) is 0 Å². The lowest BCUT2D eigenvalue weighted by Crippen LogP contribution is -2.20. The highest BCUT2D eigenvalue weighted by Gasteiger charge is 2.18. The average molecular weight is 425 g/mol. The van der Waals surface area contributed by atoms with Gasteiger partial charge in [-0.1, -0.05) is 66.6 Å². The third kappa shape index (κ3) is 3.76. The predicted molar refractivity (Wildman–Crippen MR) is 121 cm³/mol. The van der Waals surface area contributed by atoms with Gasteiger partial charge in [-0.3, -0.25) is 10.1 Å². The molecule has 0 aliphatic carbocycles. The lowest BCUT2D eigenvalue weighted by molar-refractivity contribution is 0.102. The molecule has 0 aliphatic heterocycles. The van der Waals surface area contributed by atoms with Crippen LogP contribution in [-0.4, -0.2) is 16.1 Å². The fourth-order valence-corrected chi connectivity index (χ4v) is 3.64. The highest BCUT2D eigenvalue weighted by atomic mass is 16.4. The zero-order valence-electron chi connectivity index (χ0n) is 17.3. The average Bonchev–Trinajstić information content (AvgIpc) is 3.25. The fourth-order valence-electron chi connectivity index (χ4n) is 3.64. The SMILES string of the molecule is CCc1ccc(Cc2nnc(NC(=O)c3cc4c(ccc5ccccc54)oc3=O)o2)cc1. The summed E-state index contributed by atoms with van der Waals surface area (Å²) in [5.41, 5.74) is 1.81. The summed E-state index contributed by atoms with van der Waals surface area (Å²) >= 11 is 0. The quantitative estimate of drug-likeness (QED) is 0.323. The fraction of sp³-hybridized carbons (Fsp3) is 0.120. The van der Waals surface area contributed by atoms with Crippen molar-refractivity contribution >= 4 is 33.7 Å². The molecule has 1 N–H and O–H groups in total. The third-order valence-electron chi connectivity index (χ3n) is 5.36. The maximum atomic E-state index is 12.8. The highest BCUT2D eigenvalue weighted by molar-refractivity contribution is 6.09. The Labute approximate surface area is 182 Å².